The highest BCUT2D eigenvalue weighted by Gasteiger charge is 2.39. The maximum absolute atomic E-state index is 3.90. The molecule has 0 aromatic rings. The van der Waals surface area contributed by atoms with E-state index >= 15 is 0 Å². The van der Waals surface area contributed by atoms with Crippen LogP contribution < -0.4 is 5.32 Å². The van der Waals surface area contributed by atoms with Gasteiger partial charge < -0.3 is 5.32 Å². The van der Waals surface area contributed by atoms with Crippen LogP contribution in [0.25, 0.3) is 0 Å². The number of nitrogens with zero attached hydrogens (tertiary/aromatic N) is 1. The topological polar surface area (TPSA) is 15.3 Å². The molecular formula is C16H32N2. The van der Waals surface area contributed by atoms with Crippen LogP contribution in [0.15, 0.2) is 12.7 Å². The van der Waals surface area contributed by atoms with Gasteiger partial charge in [0.15, 0.2) is 0 Å². The molecule has 2 heteroatoms. The van der Waals surface area contributed by atoms with Gasteiger partial charge in [0.2, 0.25) is 0 Å². The molecule has 1 aliphatic heterocycles. The predicted molar refractivity (Wildman–Crippen MR) is 80.9 cm³/mol. The first-order valence-corrected chi connectivity index (χ1v) is 7.61. The van der Waals surface area contributed by atoms with Crippen molar-refractivity contribution in [3.63, 3.8) is 0 Å². The average molecular weight is 252 g/mol. The lowest BCUT2D eigenvalue weighted by Crippen LogP contribution is -2.66. The lowest BCUT2D eigenvalue weighted by Gasteiger charge is -2.51. The molecule has 0 amide bonds. The molecule has 18 heavy (non-hydrogen) atoms. The molecule has 0 bridgehead atoms. The highest BCUT2D eigenvalue weighted by molar-refractivity contribution is 4.99. The Hall–Kier alpha value is -0.340. The molecule has 1 fully saturated rings. The molecule has 2 nitrogen and oxygen atoms in total. The Balaban J connectivity index is 2.85. The van der Waals surface area contributed by atoms with Gasteiger partial charge in [0, 0.05) is 30.7 Å². The van der Waals surface area contributed by atoms with Crippen molar-refractivity contribution in [1.82, 2.24) is 10.2 Å². The summed E-state index contributed by atoms with van der Waals surface area (Å²) in [5.41, 5.74) is 0.320. The van der Waals surface area contributed by atoms with Gasteiger partial charge in [-0.1, -0.05) is 33.8 Å². The zero-order valence-corrected chi connectivity index (χ0v) is 13.0. The van der Waals surface area contributed by atoms with Gasteiger partial charge in [0.1, 0.15) is 0 Å². The maximum Gasteiger partial charge on any atom is 0.0304 e. The Labute approximate surface area is 114 Å². The monoisotopic (exact) mass is 252 g/mol. The molecule has 0 saturated carbocycles. The van der Waals surface area contributed by atoms with Gasteiger partial charge >= 0.3 is 0 Å². The normalized spacial score (nSPS) is 26.2. The molecular weight excluding hydrogens is 220 g/mol. The van der Waals surface area contributed by atoms with E-state index in [1.807, 2.05) is 0 Å². The van der Waals surface area contributed by atoms with E-state index in [1.54, 1.807) is 0 Å². The fraction of sp³-hybridized carbons (Fsp3) is 0.875. The Kier molecular flexibility index (Phi) is 5.87. The van der Waals surface area contributed by atoms with Crippen molar-refractivity contribution in [1.29, 1.82) is 0 Å². The van der Waals surface area contributed by atoms with Crippen LogP contribution in [-0.4, -0.2) is 35.6 Å². The lowest BCUT2D eigenvalue weighted by molar-refractivity contribution is 0.0229. The van der Waals surface area contributed by atoms with Crippen LogP contribution in [0.3, 0.4) is 0 Å². The summed E-state index contributed by atoms with van der Waals surface area (Å²) in [7, 11) is 0. The van der Waals surface area contributed by atoms with Crippen LogP contribution in [0.5, 0.6) is 0 Å². The number of piperazine rings is 1. The highest BCUT2D eigenvalue weighted by atomic mass is 15.3. The largest absolute Gasteiger partial charge is 0.308 e. The predicted octanol–water partition coefficient (Wildman–Crippen LogP) is 3.44. The van der Waals surface area contributed by atoms with E-state index in [-0.39, 0.29) is 0 Å². The Bertz CT molecular complexity index is 256. The van der Waals surface area contributed by atoms with E-state index in [1.165, 1.54) is 19.4 Å². The van der Waals surface area contributed by atoms with E-state index in [0.29, 0.717) is 23.5 Å². The summed E-state index contributed by atoms with van der Waals surface area (Å²) in [5, 5.41) is 3.82. The van der Waals surface area contributed by atoms with Crippen molar-refractivity contribution >= 4 is 0 Å². The van der Waals surface area contributed by atoms with E-state index in [2.05, 4.69) is 57.5 Å². The third-order valence-electron chi connectivity index (χ3n) is 4.79. The minimum Gasteiger partial charge on any atom is -0.308 e. The van der Waals surface area contributed by atoms with Gasteiger partial charge in [0.05, 0.1) is 0 Å². The molecule has 0 radical (unpaired) electrons. The van der Waals surface area contributed by atoms with E-state index in [0.717, 1.165) is 13.0 Å². The van der Waals surface area contributed by atoms with Crippen LogP contribution in [0.2, 0.25) is 0 Å². The van der Waals surface area contributed by atoms with Crippen molar-refractivity contribution in [3.05, 3.63) is 12.7 Å². The standard InChI is InChI=1S/C16H32N2/c1-7-10-14(6)18-12-16(8-2,9-3)17-11-15(18)13(4)5/h7,13-15,17H,1,8-12H2,2-6H3. The second-order valence-electron chi connectivity index (χ2n) is 6.23. The Morgan fingerprint density at radius 2 is 1.94 bits per heavy atom. The molecule has 0 aliphatic carbocycles. The quantitative estimate of drug-likeness (QED) is 0.729. The summed E-state index contributed by atoms with van der Waals surface area (Å²) < 4.78 is 0. The van der Waals surface area contributed by atoms with Gasteiger partial charge in [0.25, 0.3) is 0 Å². The first-order chi connectivity index (χ1) is 8.49. The van der Waals surface area contributed by atoms with Crippen molar-refractivity contribution in [2.24, 2.45) is 5.92 Å². The molecule has 1 aliphatic rings. The number of hydrogen-bond donors (Lipinski definition) is 1. The SMILES string of the molecule is C=CCC(C)N1CC(CC)(CC)NCC1C(C)C. The molecule has 0 spiro atoms. The van der Waals surface area contributed by atoms with Crippen LogP contribution in [0.4, 0.5) is 0 Å². The van der Waals surface area contributed by atoms with Crippen molar-refractivity contribution in [2.45, 2.75) is 71.5 Å². The molecule has 2 atom stereocenters. The maximum atomic E-state index is 3.90. The third-order valence-corrected chi connectivity index (χ3v) is 4.79. The zero-order chi connectivity index (χ0) is 13.8. The van der Waals surface area contributed by atoms with E-state index < -0.39 is 0 Å². The molecule has 2 unspecified atom stereocenters. The van der Waals surface area contributed by atoms with Gasteiger partial charge in [-0.05, 0) is 32.1 Å². The fourth-order valence-electron chi connectivity index (χ4n) is 3.16. The van der Waals surface area contributed by atoms with Crippen LogP contribution in [0, 0.1) is 5.92 Å². The summed E-state index contributed by atoms with van der Waals surface area (Å²) in [5.74, 6) is 0.705. The average Bonchev–Trinajstić information content (AvgIpc) is 2.38. The molecule has 0 aromatic heterocycles. The van der Waals surface area contributed by atoms with E-state index in [9.17, 15) is 0 Å². The molecule has 1 saturated heterocycles. The van der Waals surface area contributed by atoms with Crippen LogP contribution in [-0.2, 0) is 0 Å². The van der Waals surface area contributed by atoms with Gasteiger partial charge in [-0.15, -0.1) is 6.58 Å². The Morgan fingerprint density at radius 1 is 1.33 bits per heavy atom. The van der Waals surface area contributed by atoms with Crippen molar-refractivity contribution in [3.8, 4) is 0 Å². The summed E-state index contributed by atoms with van der Waals surface area (Å²) in [6, 6.07) is 1.26. The van der Waals surface area contributed by atoms with E-state index in [4.69, 9.17) is 0 Å². The summed E-state index contributed by atoms with van der Waals surface area (Å²) >= 11 is 0. The van der Waals surface area contributed by atoms with Gasteiger partial charge in [-0.3, -0.25) is 4.90 Å². The summed E-state index contributed by atoms with van der Waals surface area (Å²) in [6.07, 6.45) is 5.58. The lowest BCUT2D eigenvalue weighted by atomic mass is 9.85. The van der Waals surface area contributed by atoms with Crippen LogP contribution in [0.1, 0.15) is 53.9 Å². The minimum atomic E-state index is 0.320. The second kappa shape index (κ2) is 6.72. The highest BCUT2D eigenvalue weighted by Crippen LogP contribution is 2.28. The molecule has 1 N–H and O–H groups in total. The smallest absolute Gasteiger partial charge is 0.0304 e. The first-order valence-electron chi connectivity index (χ1n) is 7.61. The zero-order valence-electron chi connectivity index (χ0n) is 13.0. The fourth-order valence-corrected chi connectivity index (χ4v) is 3.16. The Morgan fingerprint density at radius 3 is 2.39 bits per heavy atom. The van der Waals surface area contributed by atoms with Crippen molar-refractivity contribution in [2.75, 3.05) is 13.1 Å². The third kappa shape index (κ3) is 3.36. The number of hydrogen-bond acceptors (Lipinski definition) is 2. The molecule has 1 heterocycles. The van der Waals surface area contributed by atoms with Crippen molar-refractivity contribution < 1.29 is 0 Å². The summed E-state index contributed by atoms with van der Waals surface area (Å²) in [4.78, 5) is 2.72. The molecule has 1 rings (SSSR count). The second-order valence-corrected chi connectivity index (χ2v) is 6.23. The molecule has 0 aromatic carbocycles. The molecule has 106 valence electrons. The van der Waals surface area contributed by atoms with Gasteiger partial charge in [-0.2, -0.15) is 0 Å². The minimum absolute atomic E-state index is 0.320. The van der Waals surface area contributed by atoms with Gasteiger partial charge in [-0.25, -0.2) is 0 Å². The number of rotatable bonds is 6. The summed E-state index contributed by atoms with van der Waals surface area (Å²) in [6.45, 7) is 17.8. The number of nitrogens with one attached hydrogen (secondary N) is 1. The first kappa shape index (κ1) is 15.7. The van der Waals surface area contributed by atoms with Crippen LogP contribution >= 0.6 is 0 Å².